The quantitative estimate of drug-likeness (QED) is 0.0469. The molecule has 1 nitrogen and oxygen atoms in total. The molecule has 0 aliphatic rings. The Hall–Kier alpha value is -6.41. The van der Waals surface area contributed by atoms with Crippen molar-refractivity contribution in [1.82, 2.24) is 0 Å². The summed E-state index contributed by atoms with van der Waals surface area (Å²) in [5, 5.41) is 0. The van der Waals surface area contributed by atoms with Gasteiger partial charge in [-0.2, -0.15) is 132 Å². The molecular formula is C54H40BF24NS. The van der Waals surface area contributed by atoms with Gasteiger partial charge in [-0.1, -0.05) is 135 Å². The van der Waals surface area contributed by atoms with E-state index < -0.39 is 195 Å². The molecule has 0 radical (unpaired) electrons. The largest absolute Gasteiger partial charge is 0.416 e. The molecule has 1 aromatic heterocycles. The summed E-state index contributed by atoms with van der Waals surface area (Å²) in [4.78, 5) is 0. The molecule has 0 bridgehead atoms. The lowest BCUT2D eigenvalue weighted by Crippen LogP contribution is -2.75. The fourth-order valence-electron chi connectivity index (χ4n) is 9.30. The van der Waals surface area contributed by atoms with Gasteiger partial charge in [0.15, 0.2) is 6.54 Å². The molecule has 0 spiro atoms. The third-order valence-electron chi connectivity index (χ3n) is 13.1. The number of halogens is 24. The van der Waals surface area contributed by atoms with Crippen LogP contribution in [-0.2, 0) is 62.4 Å². The van der Waals surface area contributed by atoms with Crippen LogP contribution in [0, 0.1) is 0 Å². The lowest BCUT2D eigenvalue weighted by molar-refractivity contribution is -0.658. The zero-order valence-electron chi connectivity index (χ0n) is 41.3. The zero-order valence-corrected chi connectivity index (χ0v) is 42.1. The molecule has 6 aromatic carbocycles. The van der Waals surface area contributed by atoms with E-state index in [0.717, 1.165) is 6.54 Å². The van der Waals surface area contributed by atoms with Crippen molar-refractivity contribution >= 4 is 49.6 Å². The van der Waals surface area contributed by atoms with Crippen molar-refractivity contribution in [2.75, 3.05) is 0 Å². The Morgan fingerprint density at radius 1 is 0.346 bits per heavy atom. The summed E-state index contributed by atoms with van der Waals surface area (Å²) in [6.45, 7) is 3.24. The third-order valence-corrected chi connectivity index (χ3v) is 14.1. The number of fused-ring (bicyclic) bond motifs is 1. The van der Waals surface area contributed by atoms with Crippen molar-refractivity contribution in [3.63, 3.8) is 0 Å². The average molecular weight is 1200 g/mol. The predicted octanol–water partition coefficient (Wildman–Crippen LogP) is 17.4. The summed E-state index contributed by atoms with van der Waals surface area (Å²) in [7, 11) is 0. The van der Waals surface area contributed by atoms with Crippen LogP contribution in [0.4, 0.5) is 105 Å². The molecule has 0 aliphatic carbocycles. The van der Waals surface area contributed by atoms with Gasteiger partial charge in [-0.25, -0.2) is 0 Å². The molecule has 0 atom stereocenters. The van der Waals surface area contributed by atoms with Gasteiger partial charge in [-0.05, 0) is 48.7 Å². The third kappa shape index (κ3) is 15.6. The van der Waals surface area contributed by atoms with Crippen LogP contribution in [0.2, 0.25) is 0 Å². The van der Waals surface area contributed by atoms with Crippen molar-refractivity contribution < 1.29 is 110 Å². The molecule has 27 heteroatoms. The Labute approximate surface area is 448 Å². The van der Waals surface area contributed by atoms with Crippen LogP contribution in [0.1, 0.15) is 101 Å². The van der Waals surface area contributed by atoms with Gasteiger partial charge in [0.25, 0.3) is 0 Å². The van der Waals surface area contributed by atoms with E-state index in [1.54, 1.807) is 0 Å². The van der Waals surface area contributed by atoms with Gasteiger partial charge in [0.1, 0.15) is 10.8 Å². The van der Waals surface area contributed by atoms with Crippen molar-refractivity contribution in [3.8, 4) is 0 Å². The number of rotatable bonds is 13. The summed E-state index contributed by atoms with van der Waals surface area (Å²) >= 11 is 1.84. The smallest absolute Gasteiger partial charge is 0.194 e. The summed E-state index contributed by atoms with van der Waals surface area (Å²) < 4.78 is 345. The maximum Gasteiger partial charge on any atom is 0.416 e. The fraction of sp³-hybridized carbons (Fsp3) is 0.315. The van der Waals surface area contributed by atoms with Crippen molar-refractivity contribution in [2.24, 2.45) is 0 Å². The average Bonchev–Trinajstić information content (AvgIpc) is 3.78. The Morgan fingerprint density at radius 3 is 0.963 bits per heavy atom. The molecule has 0 fully saturated rings. The number of hydrogen-bond acceptors (Lipinski definition) is 1. The first-order chi connectivity index (χ1) is 37.1. The molecular weight excluding hydrogens is 1160 g/mol. The minimum atomic E-state index is -6.13. The Kier molecular flexibility index (Phi) is 18.5. The van der Waals surface area contributed by atoms with E-state index in [-0.39, 0.29) is 0 Å². The number of hydrogen-bond donors (Lipinski definition) is 0. The second-order valence-electron chi connectivity index (χ2n) is 18.9. The van der Waals surface area contributed by atoms with E-state index in [1.165, 1.54) is 66.3 Å². The SMILES string of the molecule is CCCCCCCCc1ccc2sc[n+](Cc3ccccc3)c2c1.FC(F)(F)c1cc([B-](c2cc(C(F)(F)F)cc(C(F)(F)F)c2)(c2cc(C(F)(F)F)cc(C(F)(F)F)c2)c2cc(C(F)(F)F)cc(C(F)(F)F)c2)cc(C(F)(F)F)c1. The van der Waals surface area contributed by atoms with Crippen LogP contribution in [0.15, 0.2) is 127 Å². The van der Waals surface area contributed by atoms with Gasteiger partial charge < -0.3 is 0 Å². The second-order valence-corrected chi connectivity index (χ2v) is 19.8. The minimum absolute atomic E-state index is 0.691. The van der Waals surface area contributed by atoms with Crippen LogP contribution in [0.5, 0.6) is 0 Å². The lowest BCUT2D eigenvalue weighted by Gasteiger charge is -2.46. The molecule has 0 saturated carbocycles. The Bertz CT molecular complexity index is 2850. The number of aromatic nitrogens is 1. The maximum atomic E-state index is 14.2. The van der Waals surface area contributed by atoms with Crippen LogP contribution in [-0.4, -0.2) is 6.15 Å². The van der Waals surface area contributed by atoms with E-state index in [1.807, 2.05) is 11.3 Å². The predicted molar refractivity (Wildman–Crippen MR) is 255 cm³/mol. The van der Waals surface area contributed by atoms with E-state index in [2.05, 4.69) is 65.5 Å². The lowest BCUT2D eigenvalue weighted by atomic mass is 9.12. The second kappa shape index (κ2) is 23.5. The van der Waals surface area contributed by atoms with Gasteiger partial charge >= 0.3 is 49.4 Å². The molecule has 438 valence electrons. The maximum absolute atomic E-state index is 14.2. The number of unbranched alkanes of at least 4 members (excludes halogenated alkanes) is 5. The summed E-state index contributed by atoms with van der Waals surface area (Å²) in [6, 6.07) is 8.94. The summed E-state index contributed by atoms with van der Waals surface area (Å²) in [5.74, 6) is 0. The van der Waals surface area contributed by atoms with Crippen LogP contribution < -0.4 is 26.4 Å². The number of benzene rings is 6. The van der Waals surface area contributed by atoms with Crippen LogP contribution in [0.3, 0.4) is 0 Å². The van der Waals surface area contributed by atoms with Gasteiger partial charge in [-0.3, -0.25) is 0 Å². The monoisotopic (exact) mass is 1200 g/mol. The highest BCUT2D eigenvalue weighted by Gasteiger charge is 2.47. The molecule has 0 saturated heterocycles. The van der Waals surface area contributed by atoms with Crippen molar-refractivity contribution in [1.29, 1.82) is 0 Å². The summed E-state index contributed by atoms with van der Waals surface area (Å²) in [6.07, 6.45) is -45.4. The van der Waals surface area contributed by atoms with Crippen LogP contribution in [0.25, 0.3) is 10.2 Å². The van der Waals surface area contributed by atoms with E-state index in [4.69, 9.17) is 0 Å². The summed E-state index contributed by atoms with van der Waals surface area (Å²) in [5.41, 5.74) is -23.7. The Morgan fingerprint density at radius 2 is 0.654 bits per heavy atom. The standard InChI is InChI=1S/C32H12BF24.C22H28NS/c34-25(35,36)13-1-14(26(37,38)39)6-21(5-13)33(22-7-15(27(40,41)42)2-16(8-22)28(43,44)45,23-9-17(29(46,47)48)3-18(10-23)30(49,50)51)24-11-19(31(52,53)54)4-20(12-24)32(55,56)57;1-2-3-4-5-6-8-11-19-14-15-22-21(16-19)23(18-24-22)17-20-12-9-7-10-13-20/h1-12H;7,9-10,12-16,18H,2-6,8,11,17H2,1H3/q-1;+1. The molecule has 0 N–H and O–H groups in total. The highest BCUT2D eigenvalue weighted by atomic mass is 32.1. The molecule has 81 heavy (non-hydrogen) atoms. The molecule has 7 aromatic rings. The van der Waals surface area contributed by atoms with Gasteiger partial charge in [0.2, 0.25) is 11.0 Å². The number of alkyl halides is 24. The number of thiazole rings is 1. The molecule has 0 aliphatic heterocycles. The number of aryl methyl sites for hydroxylation is 1. The van der Waals surface area contributed by atoms with Crippen molar-refractivity contribution in [2.45, 2.75) is 108 Å². The normalized spacial score (nSPS) is 13.4. The molecule has 7 rings (SSSR count). The van der Waals surface area contributed by atoms with Gasteiger partial charge in [0.05, 0.1) is 44.5 Å². The zero-order chi connectivity index (χ0) is 60.5. The van der Waals surface area contributed by atoms with Crippen molar-refractivity contribution in [3.05, 3.63) is 182 Å². The molecule has 0 amide bonds. The first-order valence-electron chi connectivity index (χ1n) is 23.9. The molecule has 0 unspecified atom stereocenters. The van der Waals surface area contributed by atoms with E-state index >= 15 is 0 Å². The number of nitrogens with zero attached hydrogens (tertiary/aromatic N) is 1. The van der Waals surface area contributed by atoms with E-state index in [9.17, 15) is 105 Å². The fourth-order valence-corrected chi connectivity index (χ4v) is 10.2. The molecule has 1 heterocycles. The minimum Gasteiger partial charge on any atom is -0.194 e. The first-order valence-corrected chi connectivity index (χ1v) is 24.8. The Balaban J connectivity index is 0.000000363. The highest BCUT2D eigenvalue weighted by molar-refractivity contribution is 7.20. The van der Waals surface area contributed by atoms with Crippen LogP contribution >= 0.6 is 11.3 Å². The topological polar surface area (TPSA) is 3.88 Å². The van der Waals surface area contributed by atoms with E-state index in [0.29, 0.717) is 0 Å². The van der Waals surface area contributed by atoms with Gasteiger partial charge in [-0.15, -0.1) is 0 Å². The highest BCUT2D eigenvalue weighted by Crippen LogP contribution is 2.41. The first kappa shape index (κ1) is 63.8. The van der Waals surface area contributed by atoms with Gasteiger partial charge in [0, 0.05) is 11.6 Å².